The van der Waals surface area contributed by atoms with Gasteiger partial charge in [-0.1, -0.05) is 105 Å². The first kappa shape index (κ1) is 21.6. The number of hydrogen-bond donors (Lipinski definition) is 2. The molecule has 1 aliphatic heterocycles. The predicted octanol–water partition coefficient (Wildman–Crippen LogP) is 6.06. The summed E-state index contributed by atoms with van der Waals surface area (Å²) in [7, 11) is -0.130. The zero-order valence-corrected chi connectivity index (χ0v) is 19.8. The summed E-state index contributed by atoms with van der Waals surface area (Å²) in [5, 5.41) is 8.71. The van der Waals surface area contributed by atoms with Crippen molar-refractivity contribution in [1.29, 1.82) is 0 Å². The minimum Gasteiger partial charge on any atom is -0.350 e. The number of amidine groups is 1. The second-order valence-corrected chi connectivity index (χ2v) is 10.8. The summed E-state index contributed by atoms with van der Waals surface area (Å²) in [5.74, 6) is 0.905. The molecule has 2 unspecified atom stereocenters. The SMILES string of the molecule is CP(C)c1cccc(-c2cccc(C3=NC(c4ccccc4)NC(c4ccccc4)N3)c2)c1. The molecule has 33 heavy (non-hydrogen) atoms. The fourth-order valence-electron chi connectivity index (χ4n) is 4.14. The van der Waals surface area contributed by atoms with Gasteiger partial charge >= 0.3 is 0 Å². The third kappa shape index (κ3) is 4.90. The number of rotatable bonds is 5. The van der Waals surface area contributed by atoms with Gasteiger partial charge in [0.1, 0.15) is 18.2 Å². The van der Waals surface area contributed by atoms with Gasteiger partial charge < -0.3 is 5.32 Å². The Morgan fingerprint density at radius 3 is 1.94 bits per heavy atom. The Kier molecular flexibility index (Phi) is 6.35. The van der Waals surface area contributed by atoms with E-state index in [1.54, 1.807) is 0 Å². The quantitative estimate of drug-likeness (QED) is 0.364. The van der Waals surface area contributed by atoms with Gasteiger partial charge in [0.15, 0.2) is 0 Å². The first-order valence-electron chi connectivity index (χ1n) is 11.3. The molecule has 5 rings (SSSR count). The lowest BCUT2D eigenvalue weighted by Crippen LogP contribution is -2.44. The highest BCUT2D eigenvalue weighted by atomic mass is 31.1. The highest BCUT2D eigenvalue weighted by Crippen LogP contribution is 2.29. The average molecular weight is 450 g/mol. The Balaban J connectivity index is 1.53. The van der Waals surface area contributed by atoms with E-state index in [-0.39, 0.29) is 20.3 Å². The van der Waals surface area contributed by atoms with Gasteiger partial charge in [-0.3, -0.25) is 5.32 Å². The highest BCUT2D eigenvalue weighted by molar-refractivity contribution is 7.64. The zero-order chi connectivity index (χ0) is 22.6. The Hall–Kier alpha value is -3.26. The summed E-state index contributed by atoms with van der Waals surface area (Å²) >= 11 is 0. The molecule has 2 atom stereocenters. The molecular weight excluding hydrogens is 421 g/mol. The van der Waals surface area contributed by atoms with E-state index >= 15 is 0 Å². The van der Waals surface area contributed by atoms with Gasteiger partial charge in [0.2, 0.25) is 0 Å². The van der Waals surface area contributed by atoms with Crippen LogP contribution in [-0.4, -0.2) is 19.2 Å². The van der Waals surface area contributed by atoms with Crippen LogP contribution in [0.4, 0.5) is 0 Å². The molecule has 0 bridgehead atoms. The predicted molar refractivity (Wildman–Crippen MR) is 141 cm³/mol. The van der Waals surface area contributed by atoms with E-state index in [9.17, 15) is 0 Å². The monoisotopic (exact) mass is 449 g/mol. The van der Waals surface area contributed by atoms with Crippen LogP contribution in [0.15, 0.2) is 114 Å². The summed E-state index contributed by atoms with van der Waals surface area (Å²) in [4.78, 5) is 5.08. The normalized spacial score (nSPS) is 18.0. The fraction of sp³-hybridized carbons (Fsp3) is 0.138. The van der Waals surface area contributed by atoms with Crippen LogP contribution in [0.2, 0.25) is 0 Å². The van der Waals surface area contributed by atoms with Crippen LogP contribution in [0.5, 0.6) is 0 Å². The van der Waals surface area contributed by atoms with E-state index in [0.29, 0.717) is 0 Å². The molecule has 0 spiro atoms. The minimum atomic E-state index is -0.130. The number of hydrogen-bond acceptors (Lipinski definition) is 3. The molecule has 1 aliphatic rings. The van der Waals surface area contributed by atoms with Crippen LogP contribution < -0.4 is 15.9 Å². The molecule has 2 N–H and O–H groups in total. The first-order valence-corrected chi connectivity index (χ1v) is 13.5. The Morgan fingerprint density at radius 2 is 1.24 bits per heavy atom. The molecule has 4 heteroatoms. The van der Waals surface area contributed by atoms with E-state index in [1.807, 2.05) is 12.1 Å². The highest BCUT2D eigenvalue weighted by Gasteiger charge is 2.25. The lowest BCUT2D eigenvalue weighted by Gasteiger charge is -2.32. The topological polar surface area (TPSA) is 36.4 Å². The van der Waals surface area contributed by atoms with Crippen molar-refractivity contribution in [2.24, 2.45) is 4.99 Å². The van der Waals surface area contributed by atoms with E-state index in [2.05, 4.69) is 121 Å². The third-order valence-corrected chi connectivity index (χ3v) is 7.25. The van der Waals surface area contributed by atoms with E-state index in [0.717, 1.165) is 17.0 Å². The van der Waals surface area contributed by atoms with Crippen LogP contribution >= 0.6 is 7.92 Å². The maximum Gasteiger partial charge on any atom is 0.131 e. The molecule has 0 fully saturated rings. The molecular formula is C29H28N3P. The number of aliphatic imine (C=N–C) groups is 1. The lowest BCUT2D eigenvalue weighted by molar-refractivity contribution is 0.409. The van der Waals surface area contributed by atoms with Gasteiger partial charge in [-0.2, -0.15) is 0 Å². The fourth-order valence-corrected chi connectivity index (χ4v) is 4.92. The molecule has 4 aromatic rings. The smallest absolute Gasteiger partial charge is 0.131 e. The number of nitrogens with one attached hydrogen (secondary N) is 2. The van der Waals surface area contributed by atoms with Gasteiger partial charge in [0.25, 0.3) is 0 Å². The van der Waals surface area contributed by atoms with Gasteiger partial charge in [0.05, 0.1) is 0 Å². The van der Waals surface area contributed by atoms with E-state index in [1.165, 1.54) is 22.0 Å². The van der Waals surface area contributed by atoms with Crippen LogP contribution in [0, 0.1) is 0 Å². The van der Waals surface area contributed by atoms with Crippen LogP contribution in [0.1, 0.15) is 29.0 Å². The molecule has 1 heterocycles. The minimum absolute atomic E-state index is 0.0281. The van der Waals surface area contributed by atoms with Gasteiger partial charge in [0, 0.05) is 5.56 Å². The summed E-state index contributed by atoms with van der Waals surface area (Å²) in [5.41, 5.74) is 5.90. The molecule has 0 amide bonds. The zero-order valence-electron chi connectivity index (χ0n) is 18.9. The van der Waals surface area contributed by atoms with Crippen molar-refractivity contribution in [2.75, 3.05) is 13.3 Å². The number of nitrogens with zero attached hydrogens (tertiary/aromatic N) is 1. The Labute approximate surface area is 197 Å². The molecule has 0 aromatic heterocycles. The van der Waals surface area contributed by atoms with Gasteiger partial charge in [-0.05, 0) is 53.0 Å². The van der Waals surface area contributed by atoms with Crippen molar-refractivity contribution >= 4 is 19.1 Å². The summed E-state index contributed by atoms with van der Waals surface area (Å²) in [6.45, 7) is 4.60. The lowest BCUT2D eigenvalue weighted by atomic mass is 10.0. The molecule has 0 saturated carbocycles. The standard InChI is InChI=1S/C29H28N3P/c1-33(2)26-18-10-16-24(20-26)23-15-9-17-25(19-23)29-31-27(21-11-5-3-6-12-21)30-28(32-29)22-13-7-4-8-14-22/h3-20,27-28,30H,1-2H3,(H,31,32). The molecule has 0 radical (unpaired) electrons. The van der Waals surface area contributed by atoms with Crippen molar-refractivity contribution in [3.8, 4) is 11.1 Å². The summed E-state index contributed by atoms with van der Waals surface area (Å²) < 4.78 is 0. The Bertz CT molecular complexity index is 1250. The summed E-state index contributed by atoms with van der Waals surface area (Å²) in [6.07, 6.45) is -0.150. The van der Waals surface area contributed by atoms with Crippen LogP contribution in [0.3, 0.4) is 0 Å². The van der Waals surface area contributed by atoms with E-state index in [4.69, 9.17) is 4.99 Å². The van der Waals surface area contributed by atoms with Crippen molar-refractivity contribution in [1.82, 2.24) is 10.6 Å². The maximum absolute atomic E-state index is 5.08. The van der Waals surface area contributed by atoms with Crippen LogP contribution in [0.25, 0.3) is 11.1 Å². The first-order chi connectivity index (χ1) is 16.2. The van der Waals surface area contributed by atoms with Crippen molar-refractivity contribution in [3.63, 3.8) is 0 Å². The average Bonchev–Trinajstić information content (AvgIpc) is 2.89. The summed E-state index contributed by atoms with van der Waals surface area (Å²) in [6, 6.07) is 38.5. The second kappa shape index (κ2) is 9.70. The van der Waals surface area contributed by atoms with Crippen molar-refractivity contribution in [2.45, 2.75) is 12.3 Å². The van der Waals surface area contributed by atoms with Crippen molar-refractivity contribution in [3.05, 3.63) is 126 Å². The second-order valence-electron chi connectivity index (χ2n) is 8.47. The van der Waals surface area contributed by atoms with Gasteiger partial charge in [-0.25, -0.2) is 4.99 Å². The maximum atomic E-state index is 5.08. The third-order valence-electron chi connectivity index (χ3n) is 5.94. The molecule has 164 valence electrons. The Morgan fingerprint density at radius 1 is 0.636 bits per heavy atom. The largest absolute Gasteiger partial charge is 0.350 e. The molecule has 0 aliphatic carbocycles. The molecule has 3 nitrogen and oxygen atoms in total. The molecule has 4 aromatic carbocycles. The molecule has 0 saturated heterocycles. The van der Waals surface area contributed by atoms with Gasteiger partial charge in [-0.15, -0.1) is 0 Å². The number of benzene rings is 4. The van der Waals surface area contributed by atoms with Crippen molar-refractivity contribution < 1.29 is 0 Å². The van der Waals surface area contributed by atoms with Crippen LogP contribution in [-0.2, 0) is 0 Å². The van der Waals surface area contributed by atoms with E-state index < -0.39 is 0 Å².